The first-order chi connectivity index (χ1) is 18.9. The highest BCUT2D eigenvalue weighted by Crippen LogP contribution is 2.39. The Morgan fingerprint density at radius 3 is 2.72 bits per heavy atom. The summed E-state index contributed by atoms with van der Waals surface area (Å²) in [7, 11) is 2.12. The maximum Gasteiger partial charge on any atom is 0.349 e. The number of hydrogen-bond donors (Lipinski definition) is 1. The van der Waals surface area contributed by atoms with E-state index in [1.807, 2.05) is 4.90 Å². The number of phenols is 1. The lowest BCUT2D eigenvalue weighted by atomic mass is 9.95. The van der Waals surface area contributed by atoms with Gasteiger partial charge < -0.3 is 24.1 Å². The Balaban J connectivity index is 1.51. The first-order valence-electron chi connectivity index (χ1n) is 13.2. The Labute approximate surface area is 225 Å². The van der Waals surface area contributed by atoms with Crippen molar-refractivity contribution in [2.45, 2.75) is 38.6 Å². The summed E-state index contributed by atoms with van der Waals surface area (Å²) in [6.45, 7) is 4.84. The van der Waals surface area contributed by atoms with Crippen molar-refractivity contribution in [3.8, 4) is 35.4 Å². The topological polar surface area (TPSA) is 91.9 Å². The van der Waals surface area contributed by atoms with Crippen LogP contribution >= 0.6 is 0 Å². The number of anilines is 1. The number of nitrogens with zero attached hydrogens (tertiary/aromatic N) is 4. The molecule has 39 heavy (non-hydrogen) atoms. The summed E-state index contributed by atoms with van der Waals surface area (Å²) in [6.07, 6.45) is 9.83. The number of halogens is 1. The fraction of sp³-hybridized carbons (Fsp3) is 0.367. The quantitative estimate of drug-likeness (QED) is 0.363. The maximum atomic E-state index is 14.7. The number of aryl methyl sites for hydroxylation is 1. The third kappa shape index (κ3) is 4.35. The van der Waals surface area contributed by atoms with E-state index in [2.05, 4.69) is 27.8 Å². The molecule has 9 heteroatoms. The van der Waals surface area contributed by atoms with Crippen LogP contribution in [0.15, 0.2) is 33.5 Å². The fourth-order valence-corrected chi connectivity index (χ4v) is 5.67. The van der Waals surface area contributed by atoms with Crippen LogP contribution < -0.4 is 15.3 Å². The van der Waals surface area contributed by atoms with Gasteiger partial charge in [0.05, 0.1) is 17.7 Å². The Morgan fingerprint density at radius 1 is 1.21 bits per heavy atom. The van der Waals surface area contributed by atoms with E-state index >= 15 is 0 Å². The molecule has 0 spiro atoms. The first-order valence-corrected chi connectivity index (χ1v) is 13.2. The fourth-order valence-electron chi connectivity index (χ4n) is 5.67. The molecule has 1 unspecified atom stereocenters. The van der Waals surface area contributed by atoms with Gasteiger partial charge in [-0.3, -0.25) is 0 Å². The highest BCUT2D eigenvalue weighted by Gasteiger charge is 2.27. The van der Waals surface area contributed by atoms with Gasteiger partial charge in [0, 0.05) is 35.6 Å². The molecular weight excluding hydrogens is 499 g/mol. The number of phenolic OH excluding ortho intramolecular Hbond substituents is 1. The molecule has 2 aliphatic heterocycles. The largest absolute Gasteiger partial charge is 0.508 e. The van der Waals surface area contributed by atoms with E-state index < -0.39 is 11.4 Å². The molecule has 0 saturated carbocycles. The molecule has 200 valence electrons. The van der Waals surface area contributed by atoms with E-state index in [1.54, 1.807) is 6.92 Å². The minimum absolute atomic E-state index is 0.0227. The Bertz CT molecular complexity index is 1710. The summed E-state index contributed by atoms with van der Waals surface area (Å²) in [5, 5.41) is 11.6. The van der Waals surface area contributed by atoms with Crippen LogP contribution in [-0.2, 0) is 0 Å². The average Bonchev–Trinajstić information content (AvgIpc) is 3.29. The molecular formula is C30H29FN4O4. The zero-order valence-electron chi connectivity index (χ0n) is 22.0. The molecule has 2 fully saturated rings. The van der Waals surface area contributed by atoms with Gasteiger partial charge in [-0.05, 0) is 69.8 Å². The molecule has 4 heterocycles. The number of benzene rings is 2. The molecule has 6 rings (SSSR count). The molecule has 8 nitrogen and oxygen atoms in total. The van der Waals surface area contributed by atoms with Crippen molar-refractivity contribution < 1.29 is 18.7 Å². The lowest BCUT2D eigenvalue weighted by molar-refractivity contribution is 0.223. The van der Waals surface area contributed by atoms with Crippen molar-refractivity contribution in [1.29, 1.82) is 0 Å². The van der Waals surface area contributed by atoms with Crippen molar-refractivity contribution in [2.75, 3.05) is 38.2 Å². The first kappa shape index (κ1) is 25.1. The van der Waals surface area contributed by atoms with Crippen LogP contribution in [0.25, 0.3) is 33.0 Å². The second-order valence-corrected chi connectivity index (χ2v) is 10.3. The van der Waals surface area contributed by atoms with Gasteiger partial charge in [0.1, 0.15) is 22.7 Å². The number of hydrogen-bond acceptors (Lipinski definition) is 8. The second-order valence-electron chi connectivity index (χ2n) is 10.3. The summed E-state index contributed by atoms with van der Waals surface area (Å²) in [5.41, 5.74) is 0.635. The van der Waals surface area contributed by atoms with Crippen LogP contribution in [0.2, 0.25) is 0 Å². The van der Waals surface area contributed by atoms with Gasteiger partial charge >= 0.3 is 11.6 Å². The number of ether oxygens (including phenoxy) is 1. The van der Waals surface area contributed by atoms with E-state index in [-0.39, 0.29) is 28.5 Å². The second kappa shape index (κ2) is 9.86. The lowest BCUT2D eigenvalue weighted by Crippen LogP contribution is -2.38. The SMILES string of the molecule is C#Cc1c(F)ccc2cc(O)cc(-c3oc(=O)c4c(N5CCC5)nc(OCCC5CCCN5C)nc4c3C)c12. The molecule has 2 saturated heterocycles. The standard InChI is InChI=1S/C30H29FN4O4/c1-4-21-23(31)9-8-18-15-20(36)16-22(24(18)21)27-17(2)26-25(29(37)39-27)28(35-12-6-13-35)33-30(32-26)38-14-10-19-7-5-11-34(19)3/h1,8-9,15-16,19,36H,5-7,10-14H2,2-3H3. The van der Waals surface area contributed by atoms with Gasteiger partial charge in [-0.2, -0.15) is 9.97 Å². The van der Waals surface area contributed by atoms with Crippen LogP contribution in [0, 0.1) is 25.1 Å². The van der Waals surface area contributed by atoms with Gasteiger partial charge in [-0.25, -0.2) is 9.18 Å². The van der Waals surface area contributed by atoms with Crippen molar-refractivity contribution in [3.05, 3.63) is 51.6 Å². The molecule has 0 aliphatic carbocycles. The minimum Gasteiger partial charge on any atom is -0.508 e. The van der Waals surface area contributed by atoms with E-state index in [1.165, 1.54) is 30.7 Å². The van der Waals surface area contributed by atoms with Crippen molar-refractivity contribution in [2.24, 2.45) is 0 Å². The number of fused-ring (bicyclic) bond motifs is 2. The third-order valence-corrected chi connectivity index (χ3v) is 7.91. The van der Waals surface area contributed by atoms with Crippen molar-refractivity contribution in [1.82, 2.24) is 14.9 Å². The highest BCUT2D eigenvalue weighted by atomic mass is 19.1. The van der Waals surface area contributed by atoms with E-state index in [9.17, 15) is 14.3 Å². The van der Waals surface area contributed by atoms with E-state index in [4.69, 9.17) is 15.6 Å². The molecule has 1 N–H and O–H groups in total. The Kier molecular flexibility index (Phi) is 6.35. The smallest absolute Gasteiger partial charge is 0.349 e. The zero-order chi connectivity index (χ0) is 27.3. The van der Waals surface area contributed by atoms with Crippen LogP contribution in [0.5, 0.6) is 11.8 Å². The summed E-state index contributed by atoms with van der Waals surface area (Å²) in [6, 6.07) is 6.36. The summed E-state index contributed by atoms with van der Waals surface area (Å²) in [5.74, 6) is 2.39. The van der Waals surface area contributed by atoms with Crippen LogP contribution in [0.4, 0.5) is 10.2 Å². The molecule has 2 aliphatic rings. The molecule has 0 radical (unpaired) electrons. The van der Waals surface area contributed by atoms with E-state index in [0.717, 1.165) is 38.9 Å². The van der Waals surface area contributed by atoms with Crippen LogP contribution in [0.3, 0.4) is 0 Å². The average molecular weight is 529 g/mol. The number of likely N-dealkylation sites (tertiary alicyclic amines) is 1. The van der Waals surface area contributed by atoms with Gasteiger partial charge in [0.15, 0.2) is 5.82 Å². The number of aromatic nitrogens is 2. The van der Waals surface area contributed by atoms with Gasteiger partial charge in [0.2, 0.25) is 0 Å². The number of aromatic hydroxyl groups is 1. The molecule has 2 aromatic heterocycles. The monoisotopic (exact) mass is 528 g/mol. The number of rotatable bonds is 6. The highest BCUT2D eigenvalue weighted by molar-refractivity contribution is 6.03. The van der Waals surface area contributed by atoms with Crippen molar-refractivity contribution >= 4 is 27.5 Å². The molecule has 1 atom stereocenters. The normalized spacial score (nSPS) is 17.5. The number of terminal acetylenes is 1. The predicted octanol–water partition coefficient (Wildman–Crippen LogP) is 4.61. The third-order valence-electron chi connectivity index (χ3n) is 7.91. The maximum absolute atomic E-state index is 14.7. The lowest BCUT2D eigenvalue weighted by Gasteiger charge is -2.32. The Morgan fingerprint density at radius 2 is 2.03 bits per heavy atom. The van der Waals surface area contributed by atoms with Crippen molar-refractivity contribution in [3.63, 3.8) is 0 Å². The summed E-state index contributed by atoms with van der Waals surface area (Å²) in [4.78, 5) is 27.1. The van der Waals surface area contributed by atoms with E-state index in [0.29, 0.717) is 45.9 Å². The summed E-state index contributed by atoms with van der Waals surface area (Å²) < 4.78 is 26.6. The molecule has 4 aromatic rings. The predicted molar refractivity (Wildman–Crippen MR) is 148 cm³/mol. The zero-order valence-corrected chi connectivity index (χ0v) is 22.0. The molecule has 0 bridgehead atoms. The van der Waals surface area contributed by atoms with Gasteiger partial charge in [-0.1, -0.05) is 12.0 Å². The minimum atomic E-state index is -0.623. The van der Waals surface area contributed by atoms with Crippen LogP contribution in [0.1, 0.15) is 36.8 Å². The molecule has 0 amide bonds. The summed E-state index contributed by atoms with van der Waals surface area (Å²) >= 11 is 0. The van der Waals surface area contributed by atoms with Gasteiger partial charge in [-0.15, -0.1) is 6.42 Å². The van der Waals surface area contributed by atoms with Gasteiger partial charge in [0.25, 0.3) is 0 Å². The van der Waals surface area contributed by atoms with Crippen LogP contribution in [-0.4, -0.2) is 59.3 Å². The molecule has 2 aromatic carbocycles. The Hall–Kier alpha value is -4.16.